The van der Waals surface area contributed by atoms with E-state index in [4.69, 9.17) is 0 Å². The Labute approximate surface area is 156 Å². The molecule has 1 heterocycles. The van der Waals surface area contributed by atoms with E-state index in [1.807, 2.05) is 36.4 Å². The van der Waals surface area contributed by atoms with Crippen LogP contribution in [0.3, 0.4) is 0 Å². The van der Waals surface area contributed by atoms with Crippen molar-refractivity contribution in [2.24, 2.45) is 0 Å². The molecule has 0 aliphatic rings. The molecule has 0 radical (unpaired) electrons. The molecule has 0 aliphatic carbocycles. The van der Waals surface area contributed by atoms with E-state index < -0.39 is 0 Å². The highest BCUT2D eigenvalue weighted by atomic mass is 32.1. The molecule has 0 saturated heterocycles. The van der Waals surface area contributed by atoms with Gasteiger partial charge in [0.2, 0.25) is 5.91 Å². The Balaban J connectivity index is 1.56. The summed E-state index contributed by atoms with van der Waals surface area (Å²) >= 11 is 1.40. The summed E-state index contributed by atoms with van der Waals surface area (Å²) < 4.78 is 1.01. The molecule has 134 valence electrons. The van der Waals surface area contributed by atoms with Crippen molar-refractivity contribution in [1.29, 1.82) is 0 Å². The number of thiazole rings is 1. The van der Waals surface area contributed by atoms with Crippen molar-refractivity contribution in [2.45, 2.75) is 26.2 Å². The van der Waals surface area contributed by atoms with Gasteiger partial charge in [-0.2, -0.15) is 0 Å². The summed E-state index contributed by atoms with van der Waals surface area (Å²) in [5, 5.41) is 5.89. The standard InChI is InChI=1S/C20H21N3O2S/c1-20(2,3)14-10-8-13(9-11-14)18(25)21-12-17(24)23-19-22-15-6-4-5-7-16(15)26-19/h4-11H,12H2,1-3H3,(H,21,25)(H,22,23,24). The summed E-state index contributed by atoms with van der Waals surface area (Å²) in [4.78, 5) is 28.6. The predicted molar refractivity (Wildman–Crippen MR) is 106 cm³/mol. The number of hydrogen-bond donors (Lipinski definition) is 2. The number of carbonyl (C=O) groups excluding carboxylic acids is 2. The number of nitrogens with zero attached hydrogens (tertiary/aromatic N) is 1. The smallest absolute Gasteiger partial charge is 0.251 e. The molecular weight excluding hydrogens is 346 g/mol. The Morgan fingerprint density at radius 1 is 1.04 bits per heavy atom. The Morgan fingerprint density at radius 3 is 2.38 bits per heavy atom. The quantitative estimate of drug-likeness (QED) is 0.733. The van der Waals surface area contributed by atoms with Crippen LogP contribution in [0.4, 0.5) is 5.13 Å². The predicted octanol–water partition coefficient (Wildman–Crippen LogP) is 3.96. The molecule has 3 aromatic rings. The lowest BCUT2D eigenvalue weighted by molar-refractivity contribution is -0.115. The van der Waals surface area contributed by atoms with Crippen LogP contribution < -0.4 is 10.6 Å². The summed E-state index contributed by atoms with van der Waals surface area (Å²) in [5.74, 6) is -0.575. The first-order chi connectivity index (χ1) is 12.3. The molecule has 0 saturated carbocycles. The van der Waals surface area contributed by atoms with E-state index in [9.17, 15) is 9.59 Å². The van der Waals surface area contributed by atoms with Crippen molar-refractivity contribution in [1.82, 2.24) is 10.3 Å². The average Bonchev–Trinajstić information content (AvgIpc) is 3.01. The molecule has 2 aromatic carbocycles. The Morgan fingerprint density at radius 2 is 1.73 bits per heavy atom. The van der Waals surface area contributed by atoms with Crippen molar-refractivity contribution in [2.75, 3.05) is 11.9 Å². The van der Waals surface area contributed by atoms with Gasteiger partial charge in [-0.25, -0.2) is 4.98 Å². The van der Waals surface area contributed by atoms with Crippen molar-refractivity contribution < 1.29 is 9.59 Å². The number of anilines is 1. The molecule has 2 amide bonds. The Hall–Kier alpha value is -2.73. The molecule has 6 heteroatoms. The van der Waals surface area contributed by atoms with Crippen LogP contribution in [-0.4, -0.2) is 23.3 Å². The minimum atomic E-state index is -0.302. The minimum Gasteiger partial charge on any atom is -0.343 e. The third-order valence-corrected chi connectivity index (χ3v) is 4.91. The van der Waals surface area contributed by atoms with Gasteiger partial charge < -0.3 is 10.6 Å². The van der Waals surface area contributed by atoms with Gasteiger partial charge in [-0.1, -0.05) is 56.4 Å². The number of hydrogen-bond acceptors (Lipinski definition) is 4. The van der Waals surface area contributed by atoms with Gasteiger partial charge in [0.1, 0.15) is 0 Å². The van der Waals surface area contributed by atoms with Gasteiger partial charge in [-0.05, 0) is 35.2 Å². The number of fused-ring (bicyclic) bond motifs is 1. The molecule has 0 bridgehead atoms. The van der Waals surface area contributed by atoms with Gasteiger partial charge in [0.15, 0.2) is 5.13 Å². The maximum absolute atomic E-state index is 12.2. The van der Waals surface area contributed by atoms with Crippen LogP contribution in [0, 0.1) is 0 Å². The molecule has 3 rings (SSSR count). The van der Waals surface area contributed by atoms with Crippen molar-refractivity contribution in [3.05, 3.63) is 59.7 Å². The molecule has 0 spiro atoms. The maximum atomic E-state index is 12.2. The summed E-state index contributed by atoms with van der Waals surface area (Å²) in [6, 6.07) is 15.1. The van der Waals surface area contributed by atoms with E-state index in [1.54, 1.807) is 12.1 Å². The van der Waals surface area contributed by atoms with Crippen LogP contribution in [0.5, 0.6) is 0 Å². The number of nitrogens with one attached hydrogen (secondary N) is 2. The van der Waals surface area contributed by atoms with E-state index in [2.05, 4.69) is 36.4 Å². The van der Waals surface area contributed by atoms with Crippen molar-refractivity contribution >= 4 is 38.5 Å². The van der Waals surface area contributed by atoms with Gasteiger partial charge in [0.25, 0.3) is 5.91 Å². The van der Waals surface area contributed by atoms with E-state index in [0.29, 0.717) is 10.7 Å². The van der Waals surface area contributed by atoms with Crippen LogP contribution in [0.2, 0.25) is 0 Å². The second-order valence-electron chi connectivity index (χ2n) is 7.04. The van der Waals surface area contributed by atoms with Gasteiger partial charge in [-0.3, -0.25) is 9.59 Å². The van der Waals surface area contributed by atoms with Crippen molar-refractivity contribution in [3.8, 4) is 0 Å². The molecule has 5 nitrogen and oxygen atoms in total. The lowest BCUT2D eigenvalue weighted by Crippen LogP contribution is -2.32. The number of benzene rings is 2. The zero-order valence-electron chi connectivity index (χ0n) is 15.0. The zero-order valence-corrected chi connectivity index (χ0v) is 15.8. The molecule has 2 N–H and O–H groups in total. The Kier molecular flexibility index (Phi) is 5.04. The molecule has 0 fully saturated rings. The van der Waals surface area contributed by atoms with Gasteiger partial charge in [-0.15, -0.1) is 0 Å². The van der Waals surface area contributed by atoms with Crippen LogP contribution in [0.15, 0.2) is 48.5 Å². The average molecular weight is 367 g/mol. The molecule has 0 aliphatic heterocycles. The summed E-state index contributed by atoms with van der Waals surface area (Å²) in [6.45, 7) is 6.26. The van der Waals surface area contributed by atoms with Gasteiger partial charge >= 0.3 is 0 Å². The molecule has 0 atom stereocenters. The highest BCUT2D eigenvalue weighted by molar-refractivity contribution is 7.22. The topological polar surface area (TPSA) is 71.1 Å². The molecular formula is C20H21N3O2S. The first-order valence-corrected chi connectivity index (χ1v) is 9.19. The molecule has 0 unspecified atom stereocenters. The minimum absolute atomic E-state index is 0.0339. The van der Waals surface area contributed by atoms with Crippen LogP contribution in [0.1, 0.15) is 36.7 Å². The number of amides is 2. The van der Waals surface area contributed by atoms with Crippen molar-refractivity contribution in [3.63, 3.8) is 0 Å². The summed E-state index contributed by atoms with van der Waals surface area (Å²) in [6.07, 6.45) is 0. The van der Waals surface area contributed by atoms with E-state index in [-0.39, 0.29) is 23.8 Å². The van der Waals surface area contributed by atoms with Crippen LogP contribution in [-0.2, 0) is 10.2 Å². The van der Waals surface area contributed by atoms with E-state index >= 15 is 0 Å². The molecule has 26 heavy (non-hydrogen) atoms. The number of carbonyl (C=O) groups is 2. The number of aromatic nitrogens is 1. The third-order valence-electron chi connectivity index (χ3n) is 3.96. The maximum Gasteiger partial charge on any atom is 0.251 e. The largest absolute Gasteiger partial charge is 0.343 e. The summed E-state index contributed by atoms with van der Waals surface area (Å²) in [7, 11) is 0. The highest BCUT2D eigenvalue weighted by Crippen LogP contribution is 2.25. The molecule has 1 aromatic heterocycles. The summed E-state index contributed by atoms with van der Waals surface area (Å²) in [5.41, 5.74) is 2.57. The fraction of sp³-hybridized carbons (Fsp3) is 0.250. The van der Waals surface area contributed by atoms with E-state index in [1.165, 1.54) is 11.3 Å². The number of rotatable bonds is 4. The normalized spacial score (nSPS) is 11.3. The fourth-order valence-corrected chi connectivity index (χ4v) is 3.36. The second kappa shape index (κ2) is 7.25. The van der Waals surface area contributed by atoms with Crippen LogP contribution >= 0.6 is 11.3 Å². The monoisotopic (exact) mass is 367 g/mol. The van der Waals surface area contributed by atoms with Gasteiger partial charge in [0.05, 0.1) is 16.8 Å². The lowest BCUT2D eigenvalue weighted by atomic mass is 9.87. The Bertz CT molecular complexity index is 907. The number of para-hydroxylation sites is 1. The van der Waals surface area contributed by atoms with Crippen LogP contribution in [0.25, 0.3) is 10.2 Å². The lowest BCUT2D eigenvalue weighted by Gasteiger charge is -2.19. The SMILES string of the molecule is CC(C)(C)c1ccc(C(=O)NCC(=O)Nc2nc3ccccc3s2)cc1. The van der Waals surface area contributed by atoms with Gasteiger partial charge in [0, 0.05) is 5.56 Å². The zero-order chi connectivity index (χ0) is 18.7. The van der Waals surface area contributed by atoms with E-state index in [0.717, 1.165) is 15.8 Å². The fourth-order valence-electron chi connectivity index (χ4n) is 2.47. The second-order valence-corrected chi connectivity index (χ2v) is 8.08. The highest BCUT2D eigenvalue weighted by Gasteiger charge is 2.15. The third kappa shape index (κ3) is 4.26. The first-order valence-electron chi connectivity index (χ1n) is 8.37. The first kappa shape index (κ1) is 18.1.